The molecule has 112 valence electrons. The number of carbonyl (C=O) groups is 1. The molecular formula is C14H24N4O2. The highest BCUT2D eigenvalue weighted by atomic mass is 16.5. The second kappa shape index (κ2) is 8.50. The standard InChI is InChI=1S/C14H24N4O2/c1-4-11(5-2)18(8-9-20-3)14(19)12-6-7-16-10-13(12)17-15/h6-7,10-11,17H,4-5,8-9,15H2,1-3H3. The van der Waals surface area contributed by atoms with E-state index in [0.717, 1.165) is 12.8 Å². The van der Waals surface area contributed by atoms with Crippen LogP contribution in [0.1, 0.15) is 37.0 Å². The van der Waals surface area contributed by atoms with E-state index in [1.165, 1.54) is 0 Å². The van der Waals surface area contributed by atoms with E-state index in [0.29, 0.717) is 24.4 Å². The first-order chi connectivity index (χ1) is 9.69. The molecule has 1 amide bonds. The summed E-state index contributed by atoms with van der Waals surface area (Å²) in [6, 6.07) is 1.87. The van der Waals surface area contributed by atoms with Gasteiger partial charge in [0.05, 0.1) is 24.1 Å². The Morgan fingerprint density at radius 2 is 2.20 bits per heavy atom. The lowest BCUT2D eigenvalue weighted by Gasteiger charge is -2.31. The molecule has 0 bridgehead atoms. The number of hydrogen-bond acceptors (Lipinski definition) is 5. The Bertz CT molecular complexity index is 421. The zero-order valence-corrected chi connectivity index (χ0v) is 12.4. The third kappa shape index (κ3) is 3.91. The number of nitrogen functional groups attached to an aromatic ring is 1. The lowest BCUT2D eigenvalue weighted by atomic mass is 10.1. The zero-order chi connectivity index (χ0) is 15.0. The molecule has 1 rings (SSSR count). The lowest BCUT2D eigenvalue weighted by molar-refractivity contribution is 0.0590. The summed E-state index contributed by atoms with van der Waals surface area (Å²) in [5.41, 5.74) is 3.59. The molecule has 1 aromatic heterocycles. The molecule has 6 nitrogen and oxygen atoms in total. The molecule has 0 saturated carbocycles. The molecule has 0 unspecified atom stereocenters. The van der Waals surface area contributed by atoms with Crippen LogP contribution in [0, 0.1) is 0 Å². The van der Waals surface area contributed by atoms with Crippen molar-refractivity contribution >= 4 is 11.6 Å². The summed E-state index contributed by atoms with van der Waals surface area (Å²) in [4.78, 5) is 18.6. The van der Waals surface area contributed by atoms with Gasteiger partial charge in [0.25, 0.3) is 5.91 Å². The van der Waals surface area contributed by atoms with E-state index in [1.807, 2.05) is 4.90 Å². The molecule has 1 heterocycles. The molecule has 6 heteroatoms. The quantitative estimate of drug-likeness (QED) is 0.559. The molecular weight excluding hydrogens is 256 g/mol. The monoisotopic (exact) mass is 280 g/mol. The van der Waals surface area contributed by atoms with Crippen LogP contribution in [0.3, 0.4) is 0 Å². The van der Waals surface area contributed by atoms with Gasteiger partial charge in [-0.05, 0) is 18.9 Å². The molecule has 0 aliphatic rings. The number of amides is 1. The number of methoxy groups -OCH3 is 1. The topological polar surface area (TPSA) is 80.5 Å². The van der Waals surface area contributed by atoms with Crippen molar-refractivity contribution in [1.82, 2.24) is 9.88 Å². The van der Waals surface area contributed by atoms with Crippen molar-refractivity contribution < 1.29 is 9.53 Å². The minimum absolute atomic E-state index is 0.0499. The highest BCUT2D eigenvalue weighted by molar-refractivity contribution is 5.99. The summed E-state index contributed by atoms with van der Waals surface area (Å²) in [7, 11) is 1.63. The van der Waals surface area contributed by atoms with Crippen LogP contribution in [-0.2, 0) is 4.74 Å². The summed E-state index contributed by atoms with van der Waals surface area (Å²) in [5.74, 6) is 5.39. The van der Waals surface area contributed by atoms with Crippen molar-refractivity contribution in [3.05, 3.63) is 24.0 Å². The third-order valence-electron chi connectivity index (χ3n) is 3.39. The predicted molar refractivity (Wildman–Crippen MR) is 79.3 cm³/mol. The molecule has 0 fully saturated rings. The molecule has 20 heavy (non-hydrogen) atoms. The number of nitrogens with zero attached hydrogens (tertiary/aromatic N) is 2. The molecule has 3 N–H and O–H groups in total. The Labute approximate surface area is 120 Å². The Morgan fingerprint density at radius 3 is 2.75 bits per heavy atom. The number of hydrazine groups is 1. The van der Waals surface area contributed by atoms with Crippen molar-refractivity contribution in [1.29, 1.82) is 0 Å². The van der Waals surface area contributed by atoms with Gasteiger partial charge in [0.2, 0.25) is 0 Å². The lowest BCUT2D eigenvalue weighted by Crippen LogP contribution is -2.42. The van der Waals surface area contributed by atoms with Crippen LogP contribution in [-0.4, -0.2) is 42.1 Å². The van der Waals surface area contributed by atoms with E-state index in [9.17, 15) is 4.79 Å². The SMILES string of the molecule is CCC(CC)N(CCOC)C(=O)c1ccncc1NN. The van der Waals surface area contributed by atoms with Gasteiger partial charge in [-0.1, -0.05) is 13.8 Å². The van der Waals surface area contributed by atoms with Gasteiger partial charge in [0.15, 0.2) is 0 Å². The van der Waals surface area contributed by atoms with Gasteiger partial charge >= 0.3 is 0 Å². The van der Waals surface area contributed by atoms with Crippen LogP contribution >= 0.6 is 0 Å². The molecule has 0 saturated heterocycles. The number of pyridine rings is 1. The maximum atomic E-state index is 12.7. The van der Waals surface area contributed by atoms with Gasteiger partial charge in [-0.3, -0.25) is 15.6 Å². The first-order valence-corrected chi connectivity index (χ1v) is 6.90. The molecule has 1 aromatic rings. The first kappa shape index (κ1) is 16.4. The van der Waals surface area contributed by atoms with Gasteiger partial charge in [0.1, 0.15) is 0 Å². The number of carbonyl (C=O) groups excluding carboxylic acids is 1. The Balaban J connectivity index is 3.02. The van der Waals surface area contributed by atoms with Crippen LogP contribution in [0.15, 0.2) is 18.5 Å². The summed E-state index contributed by atoms with van der Waals surface area (Å²) >= 11 is 0. The van der Waals surface area contributed by atoms with E-state index in [4.69, 9.17) is 10.6 Å². The molecule has 0 atom stereocenters. The van der Waals surface area contributed by atoms with E-state index in [1.54, 1.807) is 25.6 Å². The molecule has 0 aliphatic carbocycles. The smallest absolute Gasteiger partial charge is 0.256 e. The average molecular weight is 280 g/mol. The molecule has 0 spiro atoms. The Morgan fingerprint density at radius 1 is 1.50 bits per heavy atom. The van der Waals surface area contributed by atoms with Gasteiger partial charge in [-0.15, -0.1) is 0 Å². The fourth-order valence-electron chi connectivity index (χ4n) is 2.22. The maximum Gasteiger partial charge on any atom is 0.256 e. The summed E-state index contributed by atoms with van der Waals surface area (Å²) in [5, 5.41) is 0. The normalized spacial score (nSPS) is 10.7. The number of aromatic nitrogens is 1. The second-order valence-corrected chi connectivity index (χ2v) is 4.53. The summed E-state index contributed by atoms with van der Waals surface area (Å²) in [6.45, 7) is 5.23. The number of nitrogens with one attached hydrogen (secondary N) is 1. The van der Waals surface area contributed by atoms with Crippen molar-refractivity contribution in [2.45, 2.75) is 32.7 Å². The first-order valence-electron chi connectivity index (χ1n) is 6.90. The Hall–Kier alpha value is -1.66. The third-order valence-corrected chi connectivity index (χ3v) is 3.39. The molecule has 0 aliphatic heterocycles. The highest BCUT2D eigenvalue weighted by Crippen LogP contribution is 2.18. The molecule has 0 radical (unpaired) electrons. The van der Waals surface area contributed by atoms with Crippen molar-refractivity contribution in [3.8, 4) is 0 Å². The number of rotatable bonds is 8. The van der Waals surface area contributed by atoms with Gasteiger partial charge < -0.3 is 15.1 Å². The van der Waals surface area contributed by atoms with E-state index >= 15 is 0 Å². The minimum atomic E-state index is -0.0499. The van der Waals surface area contributed by atoms with Crippen LogP contribution in [0.2, 0.25) is 0 Å². The number of ether oxygens (including phenoxy) is 1. The largest absolute Gasteiger partial charge is 0.383 e. The van der Waals surface area contributed by atoms with E-state index < -0.39 is 0 Å². The second-order valence-electron chi connectivity index (χ2n) is 4.53. The van der Waals surface area contributed by atoms with Gasteiger partial charge in [-0.25, -0.2) is 0 Å². The van der Waals surface area contributed by atoms with E-state index in [2.05, 4.69) is 24.3 Å². The average Bonchev–Trinajstić information content (AvgIpc) is 2.50. The number of nitrogens with two attached hydrogens (primary N) is 1. The predicted octanol–water partition coefficient (Wildman–Crippen LogP) is 1.64. The van der Waals surface area contributed by atoms with Crippen molar-refractivity contribution in [2.24, 2.45) is 5.84 Å². The van der Waals surface area contributed by atoms with Gasteiger partial charge in [0, 0.05) is 25.9 Å². The van der Waals surface area contributed by atoms with Crippen molar-refractivity contribution in [3.63, 3.8) is 0 Å². The van der Waals surface area contributed by atoms with Crippen LogP contribution < -0.4 is 11.3 Å². The highest BCUT2D eigenvalue weighted by Gasteiger charge is 2.23. The van der Waals surface area contributed by atoms with E-state index in [-0.39, 0.29) is 11.9 Å². The summed E-state index contributed by atoms with van der Waals surface area (Å²) in [6.07, 6.45) is 4.95. The van der Waals surface area contributed by atoms with Crippen LogP contribution in [0.25, 0.3) is 0 Å². The van der Waals surface area contributed by atoms with Crippen molar-refractivity contribution in [2.75, 3.05) is 25.7 Å². The maximum absolute atomic E-state index is 12.7. The zero-order valence-electron chi connectivity index (χ0n) is 12.4. The summed E-state index contributed by atoms with van der Waals surface area (Å²) < 4.78 is 5.11. The Kier molecular flexibility index (Phi) is 6.97. The van der Waals surface area contributed by atoms with Crippen LogP contribution in [0.4, 0.5) is 5.69 Å². The fraction of sp³-hybridized carbons (Fsp3) is 0.571. The number of hydrogen-bond donors (Lipinski definition) is 2. The molecule has 0 aromatic carbocycles. The van der Waals surface area contributed by atoms with Gasteiger partial charge in [-0.2, -0.15) is 0 Å². The fourth-order valence-corrected chi connectivity index (χ4v) is 2.22. The minimum Gasteiger partial charge on any atom is -0.383 e. The number of anilines is 1. The van der Waals surface area contributed by atoms with Crippen LogP contribution in [0.5, 0.6) is 0 Å².